The number of halogens is 1. The second kappa shape index (κ2) is 3.20. The van der Waals surface area contributed by atoms with Crippen LogP contribution in [0.3, 0.4) is 0 Å². The Morgan fingerprint density at radius 3 is 3.00 bits per heavy atom. The predicted octanol–water partition coefficient (Wildman–Crippen LogP) is 1.30. The summed E-state index contributed by atoms with van der Waals surface area (Å²) in [6.45, 7) is 0.617. The molecule has 2 rings (SSSR count). The van der Waals surface area contributed by atoms with Crippen LogP contribution < -0.4 is 10.3 Å². The molecule has 3 nitrogen and oxygen atoms in total. The Kier molecular flexibility index (Phi) is 2.04. The molecule has 0 aliphatic heterocycles. The van der Waals surface area contributed by atoms with Crippen LogP contribution >= 0.6 is 0 Å². The van der Waals surface area contributed by atoms with Crippen LogP contribution in [0, 0.1) is 11.7 Å². The van der Waals surface area contributed by atoms with Gasteiger partial charge in [-0.15, -0.1) is 0 Å². The fourth-order valence-corrected chi connectivity index (χ4v) is 1.02. The zero-order valence-electron chi connectivity index (χ0n) is 7.05. The van der Waals surface area contributed by atoms with Crippen molar-refractivity contribution in [2.75, 3.05) is 6.61 Å². The molecule has 0 spiro atoms. The molecule has 0 bridgehead atoms. The molecule has 1 aliphatic rings. The van der Waals surface area contributed by atoms with E-state index in [4.69, 9.17) is 4.74 Å². The second-order valence-corrected chi connectivity index (χ2v) is 3.27. The van der Waals surface area contributed by atoms with Gasteiger partial charge in [0.2, 0.25) is 0 Å². The van der Waals surface area contributed by atoms with Crippen LogP contribution in [-0.4, -0.2) is 11.6 Å². The van der Waals surface area contributed by atoms with E-state index in [9.17, 15) is 9.18 Å². The first-order chi connectivity index (χ1) is 6.25. The second-order valence-electron chi connectivity index (χ2n) is 3.27. The zero-order valence-corrected chi connectivity index (χ0v) is 7.05. The maximum absolute atomic E-state index is 12.7. The van der Waals surface area contributed by atoms with Gasteiger partial charge in [0.25, 0.3) is 5.56 Å². The molecule has 1 N–H and O–H groups in total. The van der Waals surface area contributed by atoms with Crippen LogP contribution in [0.4, 0.5) is 4.39 Å². The van der Waals surface area contributed by atoms with Crippen molar-refractivity contribution in [2.45, 2.75) is 12.8 Å². The number of ether oxygens (including phenoxy) is 1. The highest BCUT2D eigenvalue weighted by molar-refractivity contribution is 5.17. The maximum Gasteiger partial charge on any atom is 0.284 e. The molecule has 0 unspecified atom stereocenters. The molecule has 1 fully saturated rings. The summed E-state index contributed by atoms with van der Waals surface area (Å²) in [5.74, 6) is 0.215. The highest BCUT2D eigenvalue weighted by Crippen LogP contribution is 2.29. The zero-order chi connectivity index (χ0) is 9.26. The Morgan fingerprint density at radius 2 is 2.38 bits per heavy atom. The number of hydrogen-bond donors (Lipinski definition) is 1. The molecule has 0 saturated heterocycles. The van der Waals surface area contributed by atoms with Crippen molar-refractivity contribution in [3.05, 3.63) is 28.4 Å². The third-order valence-electron chi connectivity index (χ3n) is 2.01. The number of nitrogens with one attached hydrogen (secondary N) is 1. The predicted molar refractivity (Wildman–Crippen MR) is 45.2 cm³/mol. The van der Waals surface area contributed by atoms with Gasteiger partial charge < -0.3 is 9.72 Å². The van der Waals surface area contributed by atoms with Crippen LogP contribution in [0.25, 0.3) is 0 Å². The Labute approximate surface area is 74.5 Å². The fourth-order valence-electron chi connectivity index (χ4n) is 1.02. The molecule has 70 valence electrons. The Balaban J connectivity index is 2.02. The lowest BCUT2D eigenvalue weighted by molar-refractivity contribution is 0.296. The standard InChI is InChI=1S/C9H10FNO2/c10-8-3-7(4-11-9(8)12)13-5-6-1-2-6/h3-4,6H,1-2,5H2,(H,11,12). The summed E-state index contributed by atoms with van der Waals surface area (Å²) < 4.78 is 18.0. The molecule has 1 aromatic rings. The number of rotatable bonds is 3. The first-order valence-electron chi connectivity index (χ1n) is 4.27. The number of aromatic nitrogens is 1. The van der Waals surface area contributed by atoms with E-state index in [-0.39, 0.29) is 0 Å². The van der Waals surface area contributed by atoms with Gasteiger partial charge in [-0.05, 0) is 18.8 Å². The van der Waals surface area contributed by atoms with Gasteiger partial charge in [-0.1, -0.05) is 0 Å². The molecule has 1 aliphatic carbocycles. The Morgan fingerprint density at radius 1 is 1.62 bits per heavy atom. The van der Waals surface area contributed by atoms with Gasteiger partial charge in [-0.3, -0.25) is 4.79 Å². The van der Waals surface area contributed by atoms with E-state index in [1.807, 2.05) is 0 Å². The van der Waals surface area contributed by atoms with E-state index < -0.39 is 11.4 Å². The summed E-state index contributed by atoms with van der Waals surface area (Å²) in [5, 5.41) is 0. The van der Waals surface area contributed by atoms with Crippen LogP contribution in [0.15, 0.2) is 17.1 Å². The average Bonchev–Trinajstić information content (AvgIpc) is 2.91. The molecule has 13 heavy (non-hydrogen) atoms. The molecule has 1 aromatic heterocycles. The minimum atomic E-state index is -0.798. The third-order valence-corrected chi connectivity index (χ3v) is 2.01. The van der Waals surface area contributed by atoms with Gasteiger partial charge in [0.15, 0.2) is 5.82 Å². The van der Waals surface area contributed by atoms with Gasteiger partial charge >= 0.3 is 0 Å². The highest BCUT2D eigenvalue weighted by atomic mass is 19.1. The molecular weight excluding hydrogens is 173 g/mol. The molecule has 1 heterocycles. The number of H-pyrrole nitrogens is 1. The van der Waals surface area contributed by atoms with E-state index in [0.29, 0.717) is 18.3 Å². The third kappa shape index (κ3) is 2.08. The lowest BCUT2D eigenvalue weighted by atomic mass is 10.4. The minimum absolute atomic E-state index is 0.393. The number of hydrogen-bond acceptors (Lipinski definition) is 2. The minimum Gasteiger partial charge on any atom is -0.492 e. The van der Waals surface area contributed by atoms with E-state index in [2.05, 4.69) is 4.98 Å². The van der Waals surface area contributed by atoms with Crippen molar-refractivity contribution in [2.24, 2.45) is 5.92 Å². The summed E-state index contributed by atoms with van der Waals surface area (Å²) in [6, 6.07) is 1.11. The topological polar surface area (TPSA) is 42.1 Å². The van der Waals surface area contributed by atoms with Crippen LogP contribution in [0.5, 0.6) is 5.75 Å². The lowest BCUT2D eigenvalue weighted by Gasteiger charge is -2.03. The van der Waals surface area contributed by atoms with Crippen molar-refractivity contribution < 1.29 is 9.13 Å². The van der Waals surface area contributed by atoms with Crippen molar-refractivity contribution in [3.8, 4) is 5.75 Å². The molecule has 0 aromatic carbocycles. The molecule has 1 saturated carbocycles. The first kappa shape index (κ1) is 8.29. The lowest BCUT2D eigenvalue weighted by Crippen LogP contribution is -2.10. The van der Waals surface area contributed by atoms with Crippen LogP contribution in [-0.2, 0) is 0 Å². The van der Waals surface area contributed by atoms with Crippen molar-refractivity contribution in [1.29, 1.82) is 0 Å². The van der Waals surface area contributed by atoms with Gasteiger partial charge in [-0.25, -0.2) is 4.39 Å². The summed E-state index contributed by atoms with van der Waals surface area (Å²) in [4.78, 5) is 12.9. The van der Waals surface area contributed by atoms with Gasteiger partial charge in [0, 0.05) is 12.3 Å². The highest BCUT2D eigenvalue weighted by Gasteiger charge is 2.21. The van der Waals surface area contributed by atoms with E-state index in [0.717, 1.165) is 6.07 Å². The molecular formula is C9H10FNO2. The maximum atomic E-state index is 12.7. The number of pyridine rings is 1. The Bertz CT molecular complexity index is 357. The molecule has 0 amide bonds. The van der Waals surface area contributed by atoms with E-state index >= 15 is 0 Å². The molecule has 4 heteroatoms. The van der Waals surface area contributed by atoms with Crippen LogP contribution in [0.1, 0.15) is 12.8 Å². The van der Waals surface area contributed by atoms with Gasteiger partial charge in [0.1, 0.15) is 5.75 Å². The smallest absolute Gasteiger partial charge is 0.284 e. The number of aromatic amines is 1. The summed E-state index contributed by atoms with van der Waals surface area (Å²) in [6.07, 6.45) is 3.76. The average molecular weight is 183 g/mol. The monoisotopic (exact) mass is 183 g/mol. The summed E-state index contributed by atoms with van der Waals surface area (Å²) in [7, 11) is 0. The fraction of sp³-hybridized carbons (Fsp3) is 0.444. The van der Waals surface area contributed by atoms with E-state index in [1.54, 1.807) is 0 Å². The van der Waals surface area contributed by atoms with Crippen molar-refractivity contribution in [3.63, 3.8) is 0 Å². The van der Waals surface area contributed by atoms with E-state index in [1.165, 1.54) is 19.0 Å². The quantitative estimate of drug-likeness (QED) is 0.767. The Hall–Kier alpha value is -1.32. The molecule has 0 radical (unpaired) electrons. The van der Waals surface area contributed by atoms with Crippen molar-refractivity contribution >= 4 is 0 Å². The van der Waals surface area contributed by atoms with Crippen LogP contribution in [0.2, 0.25) is 0 Å². The van der Waals surface area contributed by atoms with Gasteiger partial charge in [0.05, 0.1) is 6.61 Å². The van der Waals surface area contributed by atoms with Gasteiger partial charge in [-0.2, -0.15) is 0 Å². The first-order valence-corrected chi connectivity index (χ1v) is 4.27. The SMILES string of the molecule is O=c1[nH]cc(OCC2CC2)cc1F. The largest absolute Gasteiger partial charge is 0.492 e. The molecule has 0 atom stereocenters. The summed E-state index contributed by atoms with van der Waals surface area (Å²) >= 11 is 0. The van der Waals surface area contributed by atoms with Crippen molar-refractivity contribution in [1.82, 2.24) is 4.98 Å². The summed E-state index contributed by atoms with van der Waals surface area (Å²) in [5.41, 5.74) is -0.709. The normalized spacial score (nSPS) is 15.8.